The molecule has 20 heavy (non-hydrogen) atoms. The molecule has 0 aromatic heterocycles. The van der Waals surface area contributed by atoms with Gasteiger partial charge in [0, 0.05) is 18.1 Å². The van der Waals surface area contributed by atoms with Crippen LogP contribution in [0.4, 0.5) is 5.69 Å². The fourth-order valence-electron chi connectivity index (χ4n) is 2.13. The first-order valence-electron chi connectivity index (χ1n) is 6.29. The SMILES string of the molecule is C1CC2CCOC2O1.O=C(O)c1ccc([N+](=O)[O-])cc1. The van der Waals surface area contributed by atoms with Crippen molar-refractivity contribution in [1.29, 1.82) is 0 Å². The molecule has 3 rings (SSSR count). The van der Waals surface area contributed by atoms with Gasteiger partial charge in [0.2, 0.25) is 0 Å². The fourth-order valence-corrected chi connectivity index (χ4v) is 2.13. The number of non-ortho nitro benzene ring substituents is 1. The predicted molar refractivity (Wildman–Crippen MR) is 68.5 cm³/mol. The Morgan fingerprint density at radius 2 is 1.75 bits per heavy atom. The number of hydrogen-bond donors (Lipinski definition) is 1. The number of hydrogen-bond acceptors (Lipinski definition) is 5. The van der Waals surface area contributed by atoms with E-state index >= 15 is 0 Å². The van der Waals surface area contributed by atoms with E-state index in [1.807, 2.05) is 0 Å². The van der Waals surface area contributed by atoms with E-state index in [1.165, 1.54) is 25.0 Å². The van der Waals surface area contributed by atoms with Crippen molar-refractivity contribution >= 4 is 11.7 Å². The van der Waals surface area contributed by atoms with Crippen LogP contribution >= 0.6 is 0 Å². The van der Waals surface area contributed by atoms with E-state index in [0.29, 0.717) is 0 Å². The van der Waals surface area contributed by atoms with E-state index in [-0.39, 0.29) is 17.5 Å². The van der Waals surface area contributed by atoms with Gasteiger partial charge in [-0.05, 0) is 25.0 Å². The molecule has 0 aliphatic carbocycles. The lowest BCUT2D eigenvalue weighted by Gasteiger charge is -2.03. The number of nitro benzene ring substituents is 1. The van der Waals surface area contributed by atoms with Crippen LogP contribution in [0.3, 0.4) is 0 Å². The summed E-state index contributed by atoms with van der Waals surface area (Å²) in [5.74, 6) is -0.361. The van der Waals surface area contributed by atoms with Gasteiger partial charge in [-0.3, -0.25) is 10.1 Å². The number of rotatable bonds is 2. The summed E-state index contributed by atoms with van der Waals surface area (Å²) in [6.07, 6.45) is 2.60. The summed E-state index contributed by atoms with van der Waals surface area (Å²) in [4.78, 5) is 19.9. The van der Waals surface area contributed by atoms with Crippen molar-refractivity contribution in [3.63, 3.8) is 0 Å². The summed E-state index contributed by atoms with van der Waals surface area (Å²) in [5.41, 5.74) is -0.0689. The average molecular weight is 281 g/mol. The maximum atomic E-state index is 10.3. The summed E-state index contributed by atoms with van der Waals surface area (Å²) in [5, 5.41) is 18.6. The van der Waals surface area contributed by atoms with Crippen LogP contribution in [-0.2, 0) is 9.47 Å². The van der Waals surface area contributed by atoms with Gasteiger partial charge in [-0.15, -0.1) is 0 Å². The van der Waals surface area contributed by atoms with Crippen molar-refractivity contribution in [1.82, 2.24) is 0 Å². The predicted octanol–water partition coefficient (Wildman–Crippen LogP) is 2.06. The lowest BCUT2D eigenvalue weighted by atomic mass is 10.1. The van der Waals surface area contributed by atoms with Crippen LogP contribution < -0.4 is 0 Å². The van der Waals surface area contributed by atoms with E-state index in [0.717, 1.165) is 31.3 Å². The van der Waals surface area contributed by atoms with Crippen LogP contribution in [0, 0.1) is 16.0 Å². The molecule has 2 fully saturated rings. The molecular formula is C13H15NO6. The molecule has 2 aliphatic rings. The highest BCUT2D eigenvalue weighted by atomic mass is 16.7. The first-order valence-corrected chi connectivity index (χ1v) is 6.29. The second-order valence-corrected chi connectivity index (χ2v) is 4.56. The van der Waals surface area contributed by atoms with Crippen LogP contribution in [0.15, 0.2) is 24.3 Å². The van der Waals surface area contributed by atoms with Crippen LogP contribution in [0.5, 0.6) is 0 Å². The third kappa shape index (κ3) is 3.52. The summed E-state index contributed by atoms with van der Waals surface area (Å²) < 4.78 is 10.5. The normalized spacial score (nSPS) is 23.6. The van der Waals surface area contributed by atoms with Crippen molar-refractivity contribution < 1.29 is 24.3 Å². The Morgan fingerprint density at radius 3 is 2.15 bits per heavy atom. The lowest BCUT2D eigenvalue weighted by molar-refractivity contribution is -0.384. The maximum Gasteiger partial charge on any atom is 0.335 e. The zero-order valence-electron chi connectivity index (χ0n) is 10.7. The molecule has 0 bridgehead atoms. The molecule has 0 atom stereocenters. The minimum Gasteiger partial charge on any atom is -0.478 e. The molecule has 1 aromatic carbocycles. The van der Waals surface area contributed by atoms with E-state index in [2.05, 4.69) is 0 Å². The third-order valence-electron chi connectivity index (χ3n) is 3.25. The molecule has 2 saturated heterocycles. The quantitative estimate of drug-likeness (QED) is 0.658. The lowest BCUT2D eigenvalue weighted by Crippen LogP contribution is -2.08. The standard InChI is InChI=1S/C7H5NO4.C6H10O2/c9-7(10)5-1-3-6(4-2-5)8(11)12;1-3-7-6-5(1)2-4-8-6/h1-4H,(H,9,10);5-6H,1-4H2. The number of carboxylic acids is 1. The molecule has 7 nitrogen and oxygen atoms in total. The first kappa shape index (κ1) is 14.4. The molecule has 2 heterocycles. The summed E-state index contributed by atoms with van der Waals surface area (Å²) in [6, 6.07) is 4.70. The molecule has 0 saturated carbocycles. The highest BCUT2D eigenvalue weighted by Crippen LogP contribution is 2.30. The Hall–Kier alpha value is -1.99. The van der Waals surface area contributed by atoms with Crippen LogP contribution in [0.25, 0.3) is 0 Å². The zero-order chi connectivity index (χ0) is 14.5. The van der Waals surface area contributed by atoms with Gasteiger partial charge in [-0.1, -0.05) is 0 Å². The number of benzene rings is 1. The molecule has 1 aromatic rings. The van der Waals surface area contributed by atoms with E-state index < -0.39 is 10.9 Å². The smallest absolute Gasteiger partial charge is 0.335 e. The number of aromatic carboxylic acids is 1. The highest BCUT2D eigenvalue weighted by Gasteiger charge is 2.33. The number of nitro groups is 1. The highest BCUT2D eigenvalue weighted by molar-refractivity contribution is 5.87. The number of carbonyl (C=O) groups is 1. The number of ether oxygens (including phenoxy) is 2. The van der Waals surface area contributed by atoms with Crippen LogP contribution in [0.2, 0.25) is 0 Å². The molecule has 0 amide bonds. The van der Waals surface area contributed by atoms with Gasteiger partial charge in [0.15, 0.2) is 6.29 Å². The van der Waals surface area contributed by atoms with Crippen molar-refractivity contribution in [3.05, 3.63) is 39.9 Å². The minimum absolute atomic E-state index is 0.0422. The number of nitrogens with zero attached hydrogens (tertiary/aromatic N) is 1. The summed E-state index contributed by atoms with van der Waals surface area (Å²) in [7, 11) is 0. The second kappa shape index (κ2) is 6.44. The van der Waals surface area contributed by atoms with Crippen LogP contribution in [-0.4, -0.2) is 35.5 Å². The van der Waals surface area contributed by atoms with Gasteiger partial charge in [-0.2, -0.15) is 0 Å². The number of fused-ring (bicyclic) bond motifs is 1. The largest absolute Gasteiger partial charge is 0.478 e. The van der Waals surface area contributed by atoms with Crippen molar-refractivity contribution in [2.45, 2.75) is 19.1 Å². The third-order valence-corrected chi connectivity index (χ3v) is 3.25. The monoisotopic (exact) mass is 281 g/mol. The minimum atomic E-state index is -1.09. The molecule has 0 radical (unpaired) electrons. The van der Waals surface area contributed by atoms with Gasteiger partial charge >= 0.3 is 5.97 Å². The molecule has 2 aliphatic heterocycles. The fraction of sp³-hybridized carbons (Fsp3) is 0.462. The van der Waals surface area contributed by atoms with Crippen LogP contribution in [0.1, 0.15) is 23.2 Å². The molecule has 7 heteroatoms. The second-order valence-electron chi connectivity index (χ2n) is 4.56. The Labute approximate surface area is 115 Å². The van der Waals surface area contributed by atoms with Gasteiger partial charge in [-0.25, -0.2) is 4.79 Å². The van der Waals surface area contributed by atoms with E-state index in [9.17, 15) is 14.9 Å². The maximum absolute atomic E-state index is 10.3. The Kier molecular flexibility index (Phi) is 4.65. The summed E-state index contributed by atoms with van der Waals surface area (Å²) >= 11 is 0. The molecule has 0 spiro atoms. The number of carboxylic acid groups (broad SMARTS) is 1. The molecule has 0 unspecified atom stereocenters. The zero-order valence-corrected chi connectivity index (χ0v) is 10.7. The van der Waals surface area contributed by atoms with Gasteiger partial charge in [0.05, 0.1) is 23.7 Å². The Balaban J connectivity index is 0.000000157. The van der Waals surface area contributed by atoms with Gasteiger partial charge < -0.3 is 14.6 Å². The van der Waals surface area contributed by atoms with E-state index in [4.69, 9.17) is 14.6 Å². The topological polar surface area (TPSA) is 98.9 Å². The van der Waals surface area contributed by atoms with Crippen molar-refractivity contribution in [2.75, 3.05) is 13.2 Å². The van der Waals surface area contributed by atoms with Crippen molar-refractivity contribution in [2.24, 2.45) is 5.92 Å². The Morgan fingerprint density at radius 1 is 1.20 bits per heavy atom. The van der Waals surface area contributed by atoms with E-state index in [1.54, 1.807) is 0 Å². The first-order chi connectivity index (χ1) is 9.58. The summed E-state index contributed by atoms with van der Waals surface area (Å²) in [6.45, 7) is 1.82. The molecular weight excluding hydrogens is 266 g/mol. The Bertz CT molecular complexity index is 433. The van der Waals surface area contributed by atoms with Crippen molar-refractivity contribution in [3.8, 4) is 0 Å². The molecule has 1 N–H and O–H groups in total. The molecule has 108 valence electrons. The average Bonchev–Trinajstić information content (AvgIpc) is 3.02. The van der Waals surface area contributed by atoms with Gasteiger partial charge in [0.25, 0.3) is 5.69 Å². The van der Waals surface area contributed by atoms with Gasteiger partial charge in [0.1, 0.15) is 0 Å².